The van der Waals surface area contributed by atoms with Crippen molar-refractivity contribution in [2.45, 2.75) is 6.04 Å². The molecule has 0 saturated carbocycles. The van der Waals surface area contributed by atoms with E-state index < -0.39 is 12.0 Å². The fraction of sp³-hybridized carbons (Fsp3) is 0.115. The fourth-order valence-corrected chi connectivity index (χ4v) is 5.24. The molecule has 1 unspecified atom stereocenters. The van der Waals surface area contributed by atoms with Crippen molar-refractivity contribution >= 4 is 57.1 Å². The van der Waals surface area contributed by atoms with Gasteiger partial charge in [-0.05, 0) is 29.3 Å². The predicted octanol–water partition coefficient (Wildman–Crippen LogP) is 5.24. The number of carboxylic acid groups (broad SMARTS) is 1. The van der Waals surface area contributed by atoms with E-state index in [1.165, 1.54) is 11.8 Å². The first kappa shape index (κ1) is 21.5. The van der Waals surface area contributed by atoms with E-state index in [4.69, 9.17) is 11.6 Å². The van der Waals surface area contributed by atoms with Crippen LogP contribution in [-0.4, -0.2) is 40.4 Å². The first-order valence-electron chi connectivity index (χ1n) is 10.4. The molecule has 1 amide bonds. The first-order chi connectivity index (χ1) is 16.0. The molecule has 2 heterocycles. The summed E-state index contributed by atoms with van der Waals surface area (Å²) in [5, 5.41) is 10.5. The maximum absolute atomic E-state index is 13.9. The van der Waals surface area contributed by atoms with Crippen LogP contribution in [0, 0.1) is 0 Å². The number of nitrogens with zero attached hydrogens (tertiary/aromatic N) is 2. The highest BCUT2D eigenvalue weighted by molar-refractivity contribution is 8.14. The number of benzene rings is 3. The van der Waals surface area contributed by atoms with Crippen LogP contribution in [0.5, 0.6) is 0 Å². The van der Waals surface area contributed by atoms with E-state index in [9.17, 15) is 14.7 Å². The number of fused-ring (bicyclic) bond motifs is 1. The second-order valence-corrected chi connectivity index (χ2v) is 9.25. The summed E-state index contributed by atoms with van der Waals surface area (Å²) in [5.74, 6) is -0.690. The average Bonchev–Trinajstić information content (AvgIpc) is 3.41. The van der Waals surface area contributed by atoms with Crippen molar-refractivity contribution in [3.63, 3.8) is 0 Å². The number of carbonyl (C=O) groups excluding carboxylic acids is 1. The molecule has 0 bridgehead atoms. The molecule has 0 radical (unpaired) electrons. The minimum atomic E-state index is -0.944. The van der Waals surface area contributed by atoms with Crippen LogP contribution in [0.25, 0.3) is 11.1 Å². The molecule has 5 nitrogen and oxygen atoms in total. The number of aliphatic carboxylic acids is 1. The Balaban J connectivity index is 1.66. The summed E-state index contributed by atoms with van der Waals surface area (Å²) in [4.78, 5) is 31.2. The lowest BCUT2D eigenvalue weighted by atomic mass is 9.90. The maximum Gasteiger partial charge on any atom is 0.329 e. The van der Waals surface area contributed by atoms with Crippen LogP contribution in [0.4, 0.5) is 5.69 Å². The molecule has 0 saturated heterocycles. The fourth-order valence-electron chi connectivity index (χ4n) is 4.13. The number of amides is 1. The number of aliphatic imine (C=N–C) groups is 1. The zero-order valence-electron chi connectivity index (χ0n) is 17.4. The lowest BCUT2D eigenvalue weighted by molar-refractivity contribution is -0.137. The quantitative estimate of drug-likeness (QED) is 0.513. The molecule has 1 N–H and O–H groups in total. The lowest BCUT2D eigenvalue weighted by Gasteiger charge is -2.17. The van der Waals surface area contributed by atoms with Gasteiger partial charge in [-0.25, -0.2) is 4.79 Å². The molecule has 3 aromatic rings. The molecule has 0 aliphatic carbocycles. The van der Waals surface area contributed by atoms with Gasteiger partial charge in [0.1, 0.15) is 0 Å². The Morgan fingerprint density at radius 2 is 1.67 bits per heavy atom. The molecule has 164 valence electrons. The van der Waals surface area contributed by atoms with E-state index in [0.29, 0.717) is 21.4 Å². The Kier molecular flexibility index (Phi) is 5.79. The minimum Gasteiger partial charge on any atom is -0.480 e. The van der Waals surface area contributed by atoms with E-state index in [1.807, 2.05) is 78.9 Å². The molecule has 3 aromatic carbocycles. The molecule has 7 heteroatoms. The number of carbonyl (C=O) groups is 2. The molecular weight excluding hydrogens is 456 g/mol. The van der Waals surface area contributed by atoms with Gasteiger partial charge in [0.05, 0.1) is 22.8 Å². The Labute approximate surface area is 200 Å². The SMILES string of the molecule is O=C(O)C1CSC(CN2C(=O)/C(=C(\c3ccccc3)c3ccc(Cl)cc3)c3ccccc32)=N1. The molecule has 5 rings (SSSR count). The van der Waals surface area contributed by atoms with Crippen LogP contribution >= 0.6 is 23.4 Å². The van der Waals surface area contributed by atoms with Gasteiger partial charge in [-0.2, -0.15) is 0 Å². The summed E-state index contributed by atoms with van der Waals surface area (Å²) in [6, 6.07) is 24.2. The third-order valence-electron chi connectivity index (χ3n) is 5.65. The minimum absolute atomic E-state index is 0.132. The summed E-state index contributed by atoms with van der Waals surface area (Å²) in [6.07, 6.45) is 0. The topological polar surface area (TPSA) is 70.0 Å². The monoisotopic (exact) mass is 474 g/mol. The van der Waals surface area contributed by atoms with Crippen molar-refractivity contribution in [1.29, 1.82) is 0 Å². The van der Waals surface area contributed by atoms with E-state index in [0.717, 1.165) is 28.0 Å². The molecule has 0 spiro atoms. The molecule has 33 heavy (non-hydrogen) atoms. The van der Waals surface area contributed by atoms with E-state index >= 15 is 0 Å². The van der Waals surface area contributed by atoms with E-state index in [2.05, 4.69) is 4.99 Å². The number of rotatable bonds is 5. The van der Waals surface area contributed by atoms with E-state index in [1.54, 1.807) is 4.90 Å². The number of carboxylic acids is 1. The van der Waals surface area contributed by atoms with Crippen molar-refractivity contribution in [3.8, 4) is 0 Å². The maximum atomic E-state index is 13.9. The second kappa shape index (κ2) is 8.89. The van der Waals surface area contributed by atoms with Gasteiger partial charge in [0.25, 0.3) is 5.91 Å². The number of para-hydroxylation sites is 1. The Hall–Kier alpha value is -3.35. The highest BCUT2D eigenvalue weighted by atomic mass is 35.5. The van der Waals surface area contributed by atoms with Crippen LogP contribution in [0.3, 0.4) is 0 Å². The van der Waals surface area contributed by atoms with Crippen molar-refractivity contribution in [1.82, 2.24) is 0 Å². The van der Waals surface area contributed by atoms with Crippen LogP contribution in [-0.2, 0) is 9.59 Å². The van der Waals surface area contributed by atoms with Gasteiger partial charge in [-0.15, -0.1) is 11.8 Å². The smallest absolute Gasteiger partial charge is 0.329 e. The first-order valence-corrected chi connectivity index (χ1v) is 11.8. The Morgan fingerprint density at radius 1 is 1.00 bits per heavy atom. The van der Waals surface area contributed by atoms with Gasteiger partial charge in [-0.1, -0.05) is 72.3 Å². The molecule has 0 aromatic heterocycles. The van der Waals surface area contributed by atoms with Gasteiger partial charge in [0.15, 0.2) is 6.04 Å². The highest BCUT2D eigenvalue weighted by Gasteiger charge is 2.37. The van der Waals surface area contributed by atoms with Crippen LogP contribution in [0.2, 0.25) is 5.02 Å². The summed E-state index contributed by atoms with van der Waals surface area (Å²) < 4.78 is 0. The normalized spacial score (nSPS) is 18.8. The van der Waals surface area contributed by atoms with Gasteiger partial charge in [0.2, 0.25) is 0 Å². The third kappa shape index (κ3) is 4.08. The summed E-state index contributed by atoms with van der Waals surface area (Å²) in [7, 11) is 0. The van der Waals surface area contributed by atoms with Gasteiger partial charge in [-0.3, -0.25) is 9.79 Å². The Bertz CT molecular complexity index is 1300. The molecule has 1 atom stereocenters. The lowest BCUT2D eigenvalue weighted by Crippen LogP contribution is -2.31. The average molecular weight is 475 g/mol. The summed E-state index contributed by atoms with van der Waals surface area (Å²) in [6.45, 7) is 0.247. The highest BCUT2D eigenvalue weighted by Crippen LogP contribution is 2.43. The Morgan fingerprint density at radius 3 is 2.36 bits per heavy atom. The largest absolute Gasteiger partial charge is 0.480 e. The van der Waals surface area contributed by atoms with E-state index in [-0.39, 0.29) is 12.5 Å². The number of hydrogen-bond acceptors (Lipinski definition) is 4. The van der Waals surface area contributed by atoms with Gasteiger partial charge in [0, 0.05) is 21.9 Å². The number of thioether (sulfide) groups is 1. The van der Waals surface area contributed by atoms with Crippen molar-refractivity contribution in [2.75, 3.05) is 17.2 Å². The molecule has 2 aliphatic rings. The zero-order chi connectivity index (χ0) is 22.9. The summed E-state index contributed by atoms with van der Waals surface area (Å²) in [5.41, 5.74) is 4.90. The summed E-state index contributed by atoms with van der Waals surface area (Å²) >= 11 is 7.53. The predicted molar refractivity (Wildman–Crippen MR) is 134 cm³/mol. The molecule has 0 fully saturated rings. The van der Waals surface area contributed by atoms with Gasteiger partial charge < -0.3 is 10.0 Å². The molecular formula is C26H19ClN2O3S. The van der Waals surface area contributed by atoms with Crippen LogP contribution < -0.4 is 4.90 Å². The standard InChI is InChI=1S/C26H19ClN2O3S/c27-18-12-10-17(11-13-18)23(16-6-2-1-3-7-16)24-19-8-4-5-9-21(19)29(25(24)30)14-22-28-20(15-33-22)26(31)32/h1-13,20H,14-15H2,(H,31,32)/b24-23+. The van der Waals surface area contributed by atoms with Crippen molar-refractivity contribution < 1.29 is 14.7 Å². The number of anilines is 1. The second-order valence-electron chi connectivity index (χ2n) is 7.72. The number of halogens is 1. The third-order valence-corrected chi connectivity index (χ3v) is 6.96. The zero-order valence-corrected chi connectivity index (χ0v) is 19.0. The van der Waals surface area contributed by atoms with Crippen molar-refractivity contribution in [2.24, 2.45) is 4.99 Å². The van der Waals surface area contributed by atoms with Crippen LogP contribution in [0.15, 0.2) is 83.9 Å². The molecule has 2 aliphatic heterocycles. The van der Waals surface area contributed by atoms with Gasteiger partial charge >= 0.3 is 5.97 Å². The van der Waals surface area contributed by atoms with Crippen LogP contribution in [0.1, 0.15) is 16.7 Å². The number of hydrogen-bond donors (Lipinski definition) is 1. The van der Waals surface area contributed by atoms with Crippen molar-refractivity contribution in [3.05, 3.63) is 101 Å².